The minimum Gasteiger partial charge on any atom is -0.481 e. The molecule has 26 heavy (non-hydrogen) atoms. The lowest BCUT2D eigenvalue weighted by atomic mass is 10.2. The maximum atomic E-state index is 10.4. The van der Waals surface area contributed by atoms with Gasteiger partial charge in [-0.3, -0.25) is 10.2 Å². The molecule has 0 saturated carbocycles. The quantitative estimate of drug-likeness (QED) is 0.120. The highest BCUT2D eigenvalue weighted by molar-refractivity contribution is 5.95. The van der Waals surface area contributed by atoms with E-state index in [0.29, 0.717) is 30.6 Å². The van der Waals surface area contributed by atoms with Gasteiger partial charge in [0.25, 0.3) is 0 Å². The van der Waals surface area contributed by atoms with Crippen molar-refractivity contribution in [2.45, 2.75) is 45.1 Å². The minimum absolute atomic E-state index is 0.0238. The molecule has 0 saturated heterocycles. The molecular formula is C18H26N4O4. The lowest BCUT2D eigenvalue weighted by Gasteiger charge is -2.24. The van der Waals surface area contributed by atoms with Gasteiger partial charge in [-0.05, 0) is 44.0 Å². The van der Waals surface area contributed by atoms with E-state index in [2.05, 4.69) is 17.3 Å². The van der Waals surface area contributed by atoms with Crippen LogP contribution in [0, 0.1) is 17.4 Å². The molecule has 0 aliphatic carbocycles. The Bertz CT molecular complexity index is 651. The molecule has 2 unspecified atom stereocenters. The second-order valence-electron chi connectivity index (χ2n) is 5.68. The van der Waals surface area contributed by atoms with Gasteiger partial charge in [0.2, 0.25) is 0 Å². The highest BCUT2D eigenvalue weighted by atomic mass is 16.4. The number of hydrogen-bond acceptors (Lipinski definition) is 6. The Kier molecular flexibility index (Phi) is 8.98. The number of aliphatic hydroxyl groups excluding tert-OH is 2. The Labute approximate surface area is 153 Å². The maximum absolute atomic E-state index is 10.4. The smallest absolute Gasteiger partial charge is 0.304 e. The molecule has 2 atom stereocenters. The zero-order valence-corrected chi connectivity index (χ0v) is 14.8. The average molecular weight is 362 g/mol. The number of nitrogens with two attached hydrogens (primary N) is 1. The first-order valence-corrected chi connectivity index (χ1v) is 8.37. The fourth-order valence-corrected chi connectivity index (χ4v) is 2.16. The Morgan fingerprint density at radius 1 is 1.31 bits per heavy atom. The van der Waals surface area contributed by atoms with Gasteiger partial charge in [-0.2, -0.15) is 0 Å². The molecule has 1 aromatic rings. The highest BCUT2D eigenvalue weighted by Crippen LogP contribution is 2.13. The van der Waals surface area contributed by atoms with Crippen molar-refractivity contribution >= 4 is 17.5 Å². The number of aliphatic carboxylic acids is 1. The monoisotopic (exact) mass is 362 g/mol. The molecule has 1 aromatic carbocycles. The van der Waals surface area contributed by atoms with Crippen molar-refractivity contribution in [1.29, 1.82) is 5.41 Å². The van der Waals surface area contributed by atoms with Gasteiger partial charge in [0.15, 0.2) is 0 Å². The predicted octanol–water partition coefficient (Wildman–Crippen LogP) is 0.947. The van der Waals surface area contributed by atoms with Gasteiger partial charge in [-0.1, -0.05) is 5.92 Å². The van der Waals surface area contributed by atoms with Gasteiger partial charge in [0.05, 0.1) is 6.42 Å². The number of hydrogen-bond donors (Lipinski definition) is 6. The lowest BCUT2D eigenvalue weighted by molar-refractivity contribution is -0.136. The largest absolute Gasteiger partial charge is 0.481 e. The number of nitrogens with zero attached hydrogens (tertiary/aromatic N) is 1. The van der Waals surface area contributed by atoms with Gasteiger partial charge in [-0.25, -0.2) is 0 Å². The van der Waals surface area contributed by atoms with Crippen molar-refractivity contribution in [2.75, 3.05) is 11.9 Å². The first-order chi connectivity index (χ1) is 12.3. The summed E-state index contributed by atoms with van der Waals surface area (Å²) in [5, 5.41) is 39.0. The van der Waals surface area contributed by atoms with Crippen LogP contribution >= 0.6 is 0 Å². The van der Waals surface area contributed by atoms with Gasteiger partial charge in [-0.15, -0.1) is 0 Å². The summed E-state index contributed by atoms with van der Waals surface area (Å²) >= 11 is 0. The number of benzene rings is 1. The summed E-state index contributed by atoms with van der Waals surface area (Å²) in [4.78, 5) is 12.0. The second-order valence-corrected chi connectivity index (χ2v) is 5.68. The minimum atomic E-state index is -0.909. The fourth-order valence-electron chi connectivity index (χ4n) is 2.16. The van der Waals surface area contributed by atoms with Crippen molar-refractivity contribution in [1.82, 2.24) is 4.90 Å². The first-order valence-electron chi connectivity index (χ1n) is 8.37. The number of amidine groups is 1. The third kappa shape index (κ3) is 7.88. The molecule has 8 nitrogen and oxygen atoms in total. The van der Waals surface area contributed by atoms with E-state index >= 15 is 0 Å². The number of nitrogen functional groups attached to an aromatic ring is 1. The summed E-state index contributed by atoms with van der Waals surface area (Å²) in [6.07, 6.45) is -0.935. The number of rotatable bonds is 10. The number of anilines is 1. The molecule has 0 fully saturated rings. The number of aliphatic hydroxyl groups is 2. The maximum Gasteiger partial charge on any atom is 0.304 e. The first kappa shape index (κ1) is 21.3. The summed E-state index contributed by atoms with van der Waals surface area (Å²) in [5.41, 5.74) is 6.66. The third-order valence-corrected chi connectivity index (χ3v) is 3.61. The van der Waals surface area contributed by atoms with Crippen LogP contribution in [0.5, 0.6) is 0 Å². The number of carboxylic acids is 1. The third-order valence-electron chi connectivity index (χ3n) is 3.61. The van der Waals surface area contributed by atoms with Crippen molar-refractivity contribution < 1.29 is 20.1 Å². The van der Waals surface area contributed by atoms with E-state index in [1.54, 1.807) is 24.3 Å². The van der Waals surface area contributed by atoms with Crippen LogP contribution in [0.25, 0.3) is 0 Å². The zero-order chi connectivity index (χ0) is 19.5. The van der Waals surface area contributed by atoms with Crippen molar-refractivity contribution in [3.63, 3.8) is 0 Å². The Balaban J connectivity index is 2.44. The molecule has 0 aromatic heterocycles. The van der Waals surface area contributed by atoms with Crippen LogP contribution in [0.4, 0.5) is 5.69 Å². The molecule has 0 amide bonds. The van der Waals surface area contributed by atoms with E-state index in [4.69, 9.17) is 16.2 Å². The second kappa shape index (κ2) is 11.0. The molecule has 0 aliphatic heterocycles. The molecule has 0 aliphatic rings. The van der Waals surface area contributed by atoms with Crippen LogP contribution in [0.15, 0.2) is 24.3 Å². The van der Waals surface area contributed by atoms with Crippen molar-refractivity contribution in [3.8, 4) is 12.0 Å². The molecule has 8 heteroatoms. The Hall–Kier alpha value is -2.76. The van der Waals surface area contributed by atoms with Crippen LogP contribution in [-0.2, 0) is 4.79 Å². The van der Waals surface area contributed by atoms with Crippen LogP contribution in [0.2, 0.25) is 0 Å². The van der Waals surface area contributed by atoms with E-state index in [9.17, 15) is 15.0 Å². The predicted molar refractivity (Wildman–Crippen MR) is 99.4 cm³/mol. The van der Waals surface area contributed by atoms with Gasteiger partial charge in [0, 0.05) is 30.3 Å². The van der Waals surface area contributed by atoms with Crippen LogP contribution in [-0.4, -0.2) is 51.0 Å². The van der Waals surface area contributed by atoms with E-state index in [-0.39, 0.29) is 18.7 Å². The molecule has 0 spiro atoms. The van der Waals surface area contributed by atoms with Gasteiger partial charge < -0.3 is 31.3 Å². The summed E-state index contributed by atoms with van der Waals surface area (Å²) < 4.78 is 0. The van der Waals surface area contributed by atoms with Crippen LogP contribution in [0.3, 0.4) is 0 Å². The van der Waals surface area contributed by atoms with E-state index in [1.807, 2.05) is 6.92 Å². The topological polar surface area (TPSA) is 143 Å². The average Bonchev–Trinajstić information content (AvgIpc) is 2.60. The highest BCUT2D eigenvalue weighted by Gasteiger charge is 2.13. The molecule has 142 valence electrons. The van der Waals surface area contributed by atoms with Crippen LogP contribution < -0.4 is 11.1 Å². The zero-order valence-electron chi connectivity index (χ0n) is 14.8. The molecule has 7 N–H and O–H groups in total. The summed E-state index contributed by atoms with van der Waals surface area (Å²) in [6, 6.07) is 9.53. The number of nitrogens with one attached hydrogen (secondary N) is 2. The van der Waals surface area contributed by atoms with Gasteiger partial charge >= 0.3 is 5.97 Å². The summed E-state index contributed by atoms with van der Waals surface area (Å²) in [5.74, 6) is 1.79. The summed E-state index contributed by atoms with van der Waals surface area (Å²) in [6.45, 7) is 2.32. The van der Waals surface area contributed by atoms with Crippen LogP contribution in [0.1, 0.15) is 38.2 Å². The Morgan fingerprint density at radius 2 is 1.96 bits per heavy atom. The molecular weight excluding hydrogens is 336 g/mol. The fraction of sp³-hybridized carbons (Fsp3) is 0.444. The Morgan fingerprint density at radius 3 is 2.50 bits per heavy atom. The molecule has 0 radical (unpaired) electrons. The molecule has 1 rings (SSSR count). The van der Waals surface area contributed by atoms with Crippen molar-refractivity contribution in [2.24, 2.45) is 5.73 Å². The van der Waals surface area contributed by atoms with E-state index in [1.165, 1.54) is 4.90 Å². The van der Waals surface area contributed by atoms with Gasteiger partial charge in [0.1, 0.15) is 18.3 Å². The lowest BCUT2D eigenvalue weighted by Crippen LogP contribution is -2.32. The molecule has 0 heterocycles. The van der Waals surface area contributed by atoms with E-state index in [0.717, 1.165) is 0 Å². The standard InChI is InChI=1S/C18H26N4O4/c1-2-22(12-4-3-5-17(25)26)16(24)11-10-15(23)21-14-8-6-13(7-9-14)18(19)20/h6-9,15-16,21,23-24H,2-3,5,10-11H2,1H3,(H3,19,20)(H,25,26). The normalized spacial score (nSPS) is 12.4. The summed E-state index contributed by atoms with van der Waals surface area (Å²) in [7, 11) is 0. The number of carbonyl (C=O) groups is 1. The SMILES string of the molecule is CCN(C#CCCC(=O)O)C(O)CCC(O)Nc1ccc(C(=N)N)cc1. The molecule has 0 bridgehead atoms. The number of carboxylic acid groups (broad SMARTS) is 1. The van der Waals surface area contributed by atoms with Crippen molar-refractivity contribution in [3.05, 3.63) is 29.8 Å². The van der Waals surface area contributed by atoms with E-state index < -0.39 is 18.4 Å².